The molecule has 3 unspecified atom stereocenters. The van der Waals surface area contributed by atoms with E-state index in [1.165, 1.54) is 18.6 Å². The second kappa shape index (κ2) is 6.10. The van der Waals surface area contributed by atoms with Crippen LogP contribution in [-0.2, 0) is 16.1 Å². The number of nitrogens with one attached hydrogen (secondary N) is 1. The molecule has 5 nitrogen and oxygen atoms in total. The Morgan fingerprint density at radius 2 is 1.96 bits per heavy atom. The summed E-state index contributed by atoms with van der Waals surface area (Å²) in [7, 11) is 0. The highest BCUT2D eigenvalue weighted by molar-refractivity contribution is 5.74. The fraction of sp³-hybridized carbons (Fsp3) is 0.611. The lowest BCUT2D eigenvalue weighted by molar-refractivity contribution is -0.163. The Morgan fingerprint density at radius 1 is 1.29 bits per heavy atom. The second-order valence-electron chi connectivity index (χ2n) is 7.28. The quantitative estimate of drug-likeness (QED) is 0.883. The van der Waals surface area contributed by atoms with Crippen molar-refractivity contribution in [2.75, 3.05) is 19.7 Å². The van der Waals surface area contributed by atoms with Gasteiger partial charge in [-0.15, -0.1) is 0 Å². The Bertz CT molecular complexity index is 607. The van der Waals surface area contributed by atoms with Gasteiger partial charge in [-0.25, -0.2) is 4.39 Å². The summed E-state index contributed by atoms with van der Waals surface area (Å²) in [5.74, 6) is -0.445. The average molecular weight is 334 g/mol. The topological polar surface area (TPSA) is 61.8 Å². The molecule has 2 aliphatic heterocycles. The van der Waals surface area contributed by atoms with E-state index in [9.17, 15) is 14.3 Å². The molecule has 3 atom stereocenters. The normalized spacial score (nSPS) is 36.1. The predicted molar refractivity (Wildman–Crippen MR) is 85.8 cm³/mol. The highest BCUT2D eigenvalue weighted by Gasteiger charge is 2.57. The van der Waals surface area contributed by atoms with Crippen LogP contribution >= 0.6 is 0 Å². The van der Waals surface area contributed by atoms with Gasteiger partial charge in [-0.2, -0.15) is 0 Å². The summed E-state index contributed by atoms with van der Waals surface area (Å²) < 4.78 is 19.1. The zero-order valence-electron chi connectivity index (χ0n) is 13.6. The van der Waals surface area contributed by atoms with Crippen LogP contribution in [0.4, 0.5) is 4.39 Å². The molecule has 2 heterocycles. The number of benzene rings is 1. The summed E-state index contributed by atoms with van der Waals surface area (Å²) in [4.78, 5) is 13.7. The molecule has 4 rings (SSSR count). The smallest absolute Gasteiger partial charge is 0.323 e. The van der Waals surface area contributed by atoms with Gasteiger partial charge in [0.15, 0.2) is 0 Å². The average Bonchev–Trinajstić information content (AvgIpc) is 2.96. The van der Waals surface area contributed by atoms with E-state index < -0.39 is 17.7 Å². The lowest BCUT2D eigenvalue weighted by Gasteiger charge is -2.53. The minimum atomic E-state index is -0.835. The van der Waals surface area contributed by atoms with Crippen LogP contribution in [0.3, 0.4) is 0 Å². The predicted octanol–water partition coefficient (Wildman–Crippen LogP) is 1.83. The van der Waals surface area contributed by atoms with E-state index in [4.69, 9.17) is 4.74 Å². The maximum Gasteiger partial charge on any atom is 0.323 e. The van der Waals surface area contributed by atoms with Gasteiger partial charge in [0.1, 0.15) is 17.6 Å². The largest absolute Gasteiger partial charge is 0.480 e. The van der Waals surface area contributed by atoms with E-state index in [-0.39, 0.29) is 12.4 Å². The van der Waals surface area contributed by atoms with Crippen LogP contribution in [-0.4, -0.2) is 47.4 Å². The number of halogens is 1. The number of ether oxygens (including phenoxy) is 1. The van der Waals surface area contributed by atoms with Gasteiger partial charge < -0.3 is 9.84 Å². The van der Waals surface area contributed by atoms with Crippen LogP contribution in [0.5, 0.6) is 0 Å². The molecular formula is C18H23FN2O3. The molecule has 3 aliphatic rings. The molecule has 3 fully saturated rings. The summed E-state index contributed by atoms with van der Waals surface area (Å²) in [5, 5.41) is 12.6. The fourth-order valence-electron chi connectivity index (χ4n) is 4.68. The van der Waals surface area contributed by atoms with Crippen molar-refractivity contribution in [1.29, 1.82) is 0 Å². The number of hydrogen-bond donors (Lipinski definition) is 2. The van der Waals surface area contributed by atoms with Crippen molar-refractivity contribution in [2.24, 2.45) is 11.8 Å². The van der Waals surface area contributed by atoms with Gasteiger partial charge in [0.05, 0.1) is 6.61 Å². The number of piperidine rings is 1. The first-order valence-corrected chi connectivity index (χ1v) is 8.68. The van der Waals surface area contributed by atoms with Gasteiger partial charge in [0.2, 0.25) is 0 Å². The van der Waals surface area contributed by atoms with Gasteiger partial charge in [0.25, 0.3) is 0 Å². The summed E-state index contributed by atoms with van der Waals surface area (Å²) in [5.41, 5.74) is 0.634. The molecule has 6 heteroatoms. The maximum absolute atomic E-state index is 13.1. The van der Waals surface area contributed by atoms with E-state index in [1.54, 1.807) is 0 Å². The zero-order valence-corrected chi connectivity index (χ0v) is 13.6. The van der Waals surface area contributed by atoms with E-state index in [1.807, 2.05) is 12.1 Å². The van der Waals surface area contributed by atoms with Gasteiger partial charge in [-0.1, -0.05) is 18.6 Å². The molecule has 2 bridgehead atoms. The van der Waals surface area contributed by atoms with Crippen LogP contribution in [0, 0.1) is 17.7 Å². The van der Waals surface area contributed by atoms with E-state index in [2.05, 4.69) is 10.2 Å². The summed E-state index contributed by atoms with van der Waals surface area (Å²) in [6, 6.07) is 6.07. The number of aliphatic carboxylic acids is 1. The first-order valence-electron chi connectivity index (χ1n) is 8.68. The number of rotatable bonds is 3. The van der Waals surface area contributed by atoms with E-state index in [0.29, 0.717) is 11.8 Å². The highest BCUT2D eigenvalue weighted by atomic mass is 19.1. The zero-order chi connectivity index (χ0) is 16.7. The third-order valence-electron chi connectivity index (χ3n) is 5.78. The number of hydrogen-bond acceptors (Lipinski definition) is 4. The molecule has 1 aromatic rings. The molecule has 1 aliphatic carbocycles. The molecule has 0 aromatic heterocycles. The van der Waals surface area contributed by atoms with Crippen molar-refractivity contribution in [2.45, 2.75) is 37.6 Å². The van der Waals surface area contributed by atoms with E-state index in [0.717, 1.165) is 38.0 Å². The molecule has 0 radical (unpaired) electrons. The van der Waals surface area contributed by atoms with Gasteiger partial charge in [0, 0.05) is 31.5 Å². The molecule has 130 valence electrons. The number of carboxylic acids is 1. The second-order valence-corrected chi connectivity index (χ2v) is 7.28. The number of carbonyl (C=O) groups is 1. The number of likely N-dealkylation sites (tertiary alicyclic amines) is 1. The van der Waals surface area contributed by atoms with Crippen molar-refractivity contribution in [3.8, 4) is 0 Å². The minimum absolute atomic E-state index is 0.212. The van der Waals surface area contributed by atoms with Crippen molar-refractivity contribution < 1.29 is 19.0 Å². The highest BCUT2D eigenvalue weighted by Crippen LogP contribution is 2.46. The Hall–Kier alpha value is -1.50. The Morgan fingerprint density at radius 3 is 2.54 bits per heavy atom. The lowest BCUT2D eigenvalue weighted by atomic mass is 9.70. The van der Waals surface area contributed by atoms with Crippen LogP contribution in [0.25, 0.3) is 0 Å². The molecule has 1 spiro atoms. The molecule has 2 saturated heterocycles. The van der Waals surface area contributed by atoms with Crippen molar-refractivity contribution in [3.05, 3.63) is 35.6 Å². The van der Waals surface area contributed by atoms with Crippen LogP contribution in [0.1, 0.15) is 24.8 Å². The van der Waals surface area contributed by atoms with Crippen LogP contribution in [0.15, 0.2) is 24.3 Å². The number of nitrogens with zero attached hydrogens (tertiary/aromatic N) is 1. The van der Waals surface area contributed by atoms with Gasteiger partial charge >= 0.3 is 5.97 Å². The first-order chi connectivity index (χ1) is 11.6. The molecule has 1 saturated carbocycles. The monoisotopic (exact) mass is 334 g/mol. The fourth-order valence-corrected chi connectivity index (χ4v) is 4.68. The molecular weight excluding hydrogens is 311 g/mol. The minimum Gasteiger partial charge on any atom is -0.480 e. The Labute approximate surface area is 140 Å². The first kappa shape index (κ1) is 16.0. The van der Waals surface area contributed by atoms with Crippen molar-refractivity contribution in [1.82, 2.24) is 10.2 Å². The SMILES string of the molecule is O=C(O)C1COC2(N1)C1CCCC2CN(Cc2ccc(F)cc2)C1. The summed E-state index contributed by atoms with van der Waals surface area (Å²) >= 11 is 0. The number of carboxylic acid groups (broad SMARTS) is 1. The van der Waals surface area contributed by atoms with E-state index >= 15 is 0 Å². The molecule has 24 heavy (non-hydrogen) atoms. The third kappa shape index (κ3) is 2.72. The Kier molecular flexibility index (Phi) is 4.06. The molecule has 2 N–H and O–H groups in total. The van der Waals surface area contributed by atoms with Crippen LogP contribution in [0.2, 0.25) is 0 Å². The Balaban J connectivity index is 1.49. The summed E-state index contributed by atoms with van der Waals surface area (Å²) in [6.45, 7) is 2.81. The van der Waals surface area contributed by atoms with Crippen molar-refractivity contribution in [3.63, 3.8) is 0 Å². The lowest BCUT2D eigenvalue weighted by Crippen LogP contribution is -2.66. The van der Waals surface area contributed by atoms with Crippen LogP contribution < -0.4 is 5.32 Å². The van der Waals surface area contributed by atoms with Gasteiger partial charge in [-0.3, -0.25) is 15.0 Å². The van der Waals surface area contributed by atoms with Gasteiger partial charge in [-0.05, 0) is 30.5 Å². The standard InChI is InChI=1S/C18H23FN2O3/c19-15-6-4-12(5-7-15)8-21-9-13-2-1-3-14(10-21)18(13)20-16(11-24-18)17(22)23/h4-7,13-14,16,20H,1-3,8-11H2,(H,22,23). The van der Waals surface area contributed by atoms with Crippen molar-refractivity contribution >= 4 is 5.97 Å². The third-order valence-corrected chi connectivity index (χ3v) is 5.78. The summed E-state index contributed by atoms with van der Waals surface area (Å²) in [6.07, 6.45) is 3.27. The molecule has 0 amide bonds. The maximum atomic E-state index is 13.1. The molecule has 1 aromatic carbocycles.